The molecule has 0 bridgehead atoms. The zero-order chi connectivity index (χ0) is 15.3. The molecule has 0 aliphatic heterocycles. The predicted octanol–water partition coefficient (Wildman–Crippen LogP) is 2.72. The maximum absolute atomic E-state index is 12.4. The Balaban J connectivity index is 2.18. The van der Waals surface area contributed by atoms with Gasteiger partial charge >= 0.3 is 0 Å². The van der Waals surface area contributed by atoms with Crippen LogP contribution in [0.2, 0.25) is 5.02 Å². The van der Waals surface area contributed by atoms with Crippen LogP contribution in [-0.4, -0.2) is 20.2 Å². The van der Waals surface area contributed by atoms with E-state index in [0.717, 1.165) is 32.1 Å². The van der Waals surface area contributed by atoms with Crippen molar-refractivity contribution in [1.82, 2.24) is 0 Å². The van der Waals surface area contributed by atoms with Gasteiger partial charge in [0.2, 0.25) is 10.0 Å². The number of halogens is 1. The third-order valence-electron chi connectivity index (χ3n) is 3.54. The zero-order valence-electron chi connectivity index (χ0n) is 11.7. The van der Waals surface area contributed by atoms with E-state index in [1.807, 2.05) is 0 Å². The van der Waals surface area contributed by atoms with Crippen molar-refractivity contribution in [1.29, 1.82) is 0 Å². The molecule has 2 rings (SSSR count). The Hall–Kier alpha value is -1.22. The molecule has 0 spiro atoms. The first-order chi connectivity index (χ1) is 10.0. The molecular weight excluding hydrogens is 308 g/mol. The summed E-state index contributed by atoms with van der Waals surface area (Å²) >= 11 is 6.03. The molecule has 0 heterocycles. The van der Waals surface area contributed by atoms with Crippen LogP contribution in [0.25, 0.3) is 0 Å². The third kappa shape index (κ3) is 4.37. The van der Waals surface area contributed by atoms with Gasteiger partial charge in [0.05, 0.1) is 16.8 Å². The quantitative estimate of drug-likeness (QED) is 0.839. The van der Waals surface area contributed by atoms with Crippen LogP contribution < -0.4 is 10.5 Å². The number of rotatable bonds is 3. The van der Waals surface area contributed by atoms with Crippen LogP contribution in [0.5, 0.6) is 0 Å². The molecule has 6 heteroatoms. The van der Waals surface area contributed by atoms with Crippen LogP contribution in [0.15, 0.2) is 18.2 Å². The summed E-state index contributed by atoms with van der Waals surface area (Å²) in [5.74, 6) is 5.55. The highest BCUT2D eigenvalue weighted by Crippen LogP contribution is 2.26. The van der Waals surface area contributed by atoms with Gasteiger partial charge in [-0.05, 0) is 31.0 Å². The van der Waals surface area contributed by atoms with E-state index in [0.29, 0.717) is 16.3 Å². The van der Waals surface area contributed by atoms with Gasteiger partial charge in [0.1, 0.15) is 0 Å². The van der Waals surface area contributed by atoms with Crippen molar-refractivity contribution in [3.63, 3.8) is 0 Å². The van der Waals surface area contributed by atoms with E-state index in [4.69, 9.17) is 17.3 Å². The van der Waals surface area contributed by atoms with Gasteiger partial charge in [-0.3, -0.25) is 4.72 Å². The molecule has 1 aliphatic carbocycles. The molecule has 0 amide bonds. The number of hydrogen-bond donors (Lipinski definition) is 2. The molecule has 4 nitrogen and oxygen atoms in total. The summed E-state index contributed by atoms with van der Waals surface area (Å²) in [6.45, 7) is 0.231. The molecule has 1 saturated carbocycles. The first-order valence-corrected chi connectivity index (χ1v) is 8.95. The zero-order valence-corrected chi connectivity index (χ0v) is 13.3. The molecule has 1 fully saturated rings. The Morgan fingerprint density at radius 1 is 1.29 bits per heavy atom. The molecule has 1 aliphatic rings. The largest absolute Gasteiger partial charge is 0.320 e. The number of anilines is 1. The lowest BCUT2D eigenvalue weighted by Crippen LogP contribution is -2.29. The maximum atomic E-state index is 12.4. The Kier molecular flexibility index (Phi) is 5.51. The van der Waals surface area contributed by atoms with Crippen molar-refractivity contribution in [2.45, 2.75) is 37.4 Å². The van der Waals surface area contributed by atoms with Gasteiger partial charge in [-0.2, -0.15) is 0 Å². The first kappa shape index (κ1) is 16.2. The molecule has 3 N–H and O–H groups in total. The topological polar surface area (TPSA) is 72.2 Å². The SMILES string of the molecule is NCC#Cc1cc(NS(=O)(=O)C2CCCCC2)ccc1Cl. The molecule has 0 aromatic heterocycles. The standard InChI is InChI=1S/C15H19ClN2O2S/c16-15-9-8-13(11-12(15)5-4-10-17)18-21(19,20)14-6-2-1-3-7-14/h8-9,11,14,18H,1-3,6-7,10,17H2. The molecule has 21 heavy (non-hydrogen) atoms. The maximum Gasteiger partial charge on any atom is 0.235 e. The number of nitrogens with two attached hydrogens (primary N) is 1. The highest BCUT2D eigenvalue weighted by Gasteiger charge is 2.27. The highest BCUT2D eigenvalue weighted by molar-refractivity contribution is 7.93. The second-order valence-electron chi connectivity index (χ2n) is 5.11. The van der Waals surface area contributed by atoms with Crippen LogP contribution in [-0.2, 0) is 10.0 Å². The minimum Gasteiger partial charge on any atom is -0.320 e. The first-order valence-electron chi connectivity index (χ1n) is 7.03. The Labute approximate surface area is 131 Å². The number of hydrogen-bond acceptors (Lipinski definition) is 3. The van der Waals surface area contributed by atoms with Crippen molar-refractivity contribution < 1.29 is 8.42 Å². The summed E-state index contributed by atoms with van der Waals surface area (Å²) in [5.41, 5.74) is 6.40. The average Bonchev–Trinajstić information content (AvgIpc) is 2.48. The lowest BCUT2D eigenvalue weighted by molar-refractivity contribution is 0.486. The lowest BCUT2D eigenvalue weighted by atomic mass is 10.0. The lowest BCUT2D eigenvalue weighted by Gasteiger charge is -2.22. The second-order valence-corrected chi connectivity index (χ2v) is 7.48. The normalized spacial score (nSPS) is 16.1. The summed E-state index contributed by atoms with van der Waals surface area (Å²) in [6, 6.07) is 4.93. The van der Waals surface area contributed by atoms with E-state index in [1.54, 1.807) is 18.2 Å². The monoisotopic (exact) mass is 326 g/mol. The number of sulfonamides is 1. The van der Waals surface area contributed by atoms with Crippen molar-refractivity contribution in [2.24, 2.45) is 5.73 Å². The van der Waals surface area contributed by atoms with E-state index in [9.17, 15) is 8.42 Å². The summed E-state index contributed by atoms with van der Waals surface area (Å²) in [5, 5.41) is 0.178. The van der Waals surface area contributed by atoms with Gasteiger partial charge in [0, 0.05) is 11.3 Å². The minimum absolute atomic E-state index is 0.231. The molecule has 1 aromatic carbocycles. The molecule has 0 saturated heterocycles. The Morgan fingerprint density at radius 3 is 2.67 bits per heavy atom. The third-order valence-corrected chi connectivity index (χ3v) is 5.74. The molecular formula is C15H19ClN2O2S. The van der Waals surface area contributed by atoms with Crippen LogP contribution in [0.1, 0.15) is 37.7 Å². The smallest absolute Gasteiger partial charge is 0.235 e. The average molecular weight is 327 g/mol. The number of nitrogens with one attached hydrogen (secondary N) is 1. The van der Waals surface area contributed by atoms with E-state index < -0.39 is 10.0 Å². The van der Waals surface area contributed by atoms with E-state index >= 15 is 0 Å². The molecule has 0 unspecified atom stereocenters. The van der Waals surface area contributed by atoms with Gasteiger partial charge in [0.15, 0.2) is 0 Å². The van der Waals surface area contributed by atoms with E-state index in [-0.39, 0.29) is 11.8 Å². The summed E-state index contributed by atoms with van der Waals surface area (Å²) < 4.78 is 27.4. The van der Waals surface area contributed by atoms with Gasteiger partial charge in [-0.15, -0.1) is 0 Å². The fraction of sp³-hybridized carbons (Fsp3) is 0.467. The van der Waals surface area contributed by atoms with Crippen LogP contribution in [0.3, 0.4) is 0 Å². The fourth-order valence-corrected chi connectivity index (χ4v) is 4.19. The minimum atomic E-state index is -3.35. The van der Waals surface area contributed by atoms with Crippen LogP contribution >= 0.6 is 11.6 Å². The highest BCUT2D eigenvalue weighted by atomic mass is 35.5. The van der Waals surface area contributed by atoms with Gasteiger partial charge < -0.3 is 5.73 Å². The van der Waals surface area contributed by atoms with Crippen molar-refractivity contribution in [3.8, 4) is 11.8 Å². The summed E-state index contributed by atoms with van der Waals surface area (Å²) in [6.07, 6.45) is 4.51. The van der Waals surface area contributed by atoms with Gasteiger partial charge in [-0.1, -0.05) is 42.7 Å². The molecule has 1 aromatic rings. The molecule has 114 valence electrons. The van der Waals surface area contributed by atoms with Crippen LogP contribution in [0.4, 0.5) is 5.69 Å². The van der Waals surface area contributed by atoms with E-state index in [2.05, 4.69) is 16.6 Å². The molecule has 0 radical (unpaired) electrons. The van der Waals surface area contributed by atoms with Crippen molar-refractivity contribution in [2.75, 3.05) is 11.3 Å². The number of benzene rings is 1. The van der Waals surface area contributed by atoms with Crippen molar-refractivity contribution in [3.05, 3.63) is 28.8 Å². The Morgan fingerprint density at radius 2 is 2.00 bits per heavy atom. The fourth-order valence-electron chi connectivity index (χ4n) is 2.45. The predicted molar refractivity (Wildman–Crippen MR) is 86.8 cm³/mol. The van der Waals surface area contributed by atoms with Gasteiger partial charge in [0.25, 0.3) is 0 Å². The van der Waals surface area contributed by atoms with Crippen molar-refractivity contribution >= 4 is 27.3 Å². The Bertz CT molecular complexity index is 656. The summed E-state index contributed by atoms with van der Waals surface area (Å²) in [7, 11) is -3.35. The van der Waals surface area contributed by atoms with Gasteiger partial charge in [-0.25, -0.2) is 8.42 Å². The summed E-state index contributed by atoms with van der Waals surface area (Å²) in [4.78, 5) is 0. The van der Waals surface area contributed by atoms with E-state index in [1.165, 1.54) is 0 Å². The van der Waals surface area contributed by atoms with Crippen LogP contribution in [0, 0.1) is 11.8 Å². The second kappa shape index (κ2) is 7.17. The molecule has 0 atom stereocenters.